The third-order valence-corrected chi connectivity index (χ3v) is 10.9. The van der Waals surface area contributed by atoms with E-state index in [-0.39, 0.29) is 69.7 Å². The summed E-state index contributed by atoms with van der Waals surface area (Å²) in [7, 11) is 0. The van der Waals surface area contributed by atoms with Crippen LogP contribution in [0.15, 0.2) is 144 Å². The highest BCUT2D eigenvalue weighted by Gasteiger charge is 2.37. The van der Waals surface area contributed by atoms with E-state index >= 15 is 0 Å². The van der Waals surface area contributed by atoms with Gasteiger partial charge in [-0.25, -0.2) is 32.5 Å². The molecule has 23 heteroatoms. The van der Waals surface area contributed by atoms with Gasteiger partial charge in [0.2, 0.25) is 11.8 Å². The quantitative estimate of drug-likeness (QED) is 0.103. The smallest absolute Gasteiger partial charge is 0.421 e. The number of carbonyl (C=O) groups excluding carboxylic acids is 1. The van der Waals surface area contributed by atoms with Crippen molar-refractivity contribution in [2.45, 2.75) is 25.4 Å². The SMILES string of the molecule is O=Cc1cnc(Oc2ccc3c(c2)c(=O)ncn3Cc2ccc(F)cc2F)c(C(F)(F)F)c1.O=c1ncn(Cc2ccc(F)cc2F)c2ccc(Oc3ncc(-c4nc5ccccc5[nH]4)cc3C(F)(F)F)cc12. The van der Waals surface area contributed by atoms with Crippen LogP contribution in [0, 0.1) is 23.3 Å². The summed E-state index contributed by atoms with van der Waals surface area (Å²) in [5.74, 6) is -4.57. The molecule has 5 heterocycles. The molecule has 1 N–H and O–H groups in total. The van der Waals surface area contributed by atoms with Crippen molar-refractivity contribution >= 4 is 39.1 Å². The van der Waals surface area contributed by atoms with Crippen LogP contribution in [-0.4, -0.2) is 45.3 Å². The topological polar surface area (TPSA) is 160 Å². The number of para-hydroxylation sites is 2. The summed E-state index contributed by atoms with van der Waals surface area (Å²) in [6.45, 7) is -0.151. The fourth-order valence-electron chi connectivity index (χ4n) is 7.42. The van der Waals surface area contributed by atoms with E-state index in [1.807, 2.05) is 0 Å². The van der Waals surface area contributed by atoms with Crippen molar-refractivity contribution in [1.29, 1.82) is 0 Å². The van der Waals surface area contributed by atoms with E-state index in [9.17, 15) is 58.3 Å². The molecule has 0 atom stereocenters. The average Bonchev–Trinajstić information content (AvgIpc) is 3.79. The van der Waals surface area contributed by atoms with Gasteiger partial charge in [0.25, 0.3) is 11.1 Å². The van der Waals surface area contributed by atoms with Gasteiger partial charge in [0.05, 0.1) is 58.6 Å². The molecule has 10 rings (SSSR count). The number of carbonyl (C=O) groups is 1. The minimum Gasteiger partial charge on any atom is -0.438 e. The molecule has 0 aliphatic heterocycles. The van der Waals surface area contributed by atoms with E-state index in [0.717, 1.165) is 36.5 Å². The highest BCUT2D eigenvalue weighted by Crippen LogP contribution is 2.40. The summed E-state index contributed by atoms with van der Waals surface area (Å²) in [6.07, 6.45) is -4.93. The normalized spacial score (nSPS) is 11.7. The number of rotatable bonds is 10. The highest BCUT2D eigenvalue weighted by molar-refractivity contribution is 5.82. The Morgan fingerprint density at radius 3 is 1.58 bits per heavy atom. The predicted molar refractivity (Wildman–Crippen MR) is 242 cm³/mol. The van der Waals surface area contributed by atoms with Crippen LogP contribution in [0.1, 0.15) is 32.6 Å². The van der Waals surface area contributed by atoms with E-state index in [2.05, 4.69) is 29.9 Å². The second kappa shape index (κ2) is 19.5. The van der Waals surface area contributed by atoms with E-state index in [1.54, 1.807) is 24.3 Å². The Bertz CT molecular complexity index is 3860. The molecule has 0 spiro atoms. The van der Waals surface area contributed by atoms with Crippen LogP contribution in [0.2, 0.25) is 0 Å². The zero-order valence-corrected chi connectivity index (χ0v) is 36.6. The maximum Gasteiger partial charge on any atom is 0.421 e. The zero-order chi connectivity index (χ0) is 51.8. The lowest BCUT2D eigenvalue weighted by molar-refractivity contribution is -0.139. The second-order valence-electron chi connectivity index (χ2n) is 15.8. The summed E-state index contributed by atoms with van der Waals surface area (Å²) < 4.78 is 150. The summed E-state index contributed by atoms with van der Waals surface area (Å²) in [4.78, 5) is 57.8. The van der Waals surface area contributed by atoms with E-state index in [0.29, 0.717) is 28.1 Å². The summed E-state index contributed by atoms with van der Waals surface area (Å²) in [6, 6.07) is 22.6. The largest absolute Gasteiger partial charge is 0.438 e. The van der Waals surface area contributed by atoms with Crippen molar-refractivity contribution in [3.05, 3.63) is 206 Å². The van der Waals surface area contributed by atoms with Crippen molar-refractivity contribution in [2.24, 2.45) is 0 Å². The van der Waals surface area contributed by atoms with Gasteiger partial charge in [-0.15, -0.1) is 0 Å². The van der Waals surface area contributed by atoms with Crippen LogP contribution in [0.3, 0.4) is 0 Å². The number of H-pyrrole nitrogens is 1. The van der Waals surface area contributed by atoms with Crippen molar-refractivity contribution < 1.29 is 58.2 Å². The molecule has 0 fully saturated rings. The molecule has 5 aromatic heterocycles. The molecule has 368 valence electrons. The van der Waals surface area contributed by atoms with Crippen molar-refractivity contribution in [3.8, 4) is 34.6 Å². The standard InChI is InChI=1S/C28H16F5N5O2.C22H12F5N3O3/c29-17-6-5-15(21(30)10-17)13-38-14-35-26(39)19-11-18(7-8-24(19)38)40-27-20(28(31,32)33)9-16(12-34-27)25-36-22-3-1-2-4-23(22)37-25;23-14-2-1-13(18(24)6-14)9-30-11-29-20(32)16-7-15(3-4-19(16)30)33-21-17(22(25,26)27)5-12(10-31)8-28-21/h1-12,14H,13H2,(H,36,37);1-8,10-11H,9H2. The average molecular weight is 1010 g/mol. The predicted octanol–water partition coefficient (Wildman–Crippen LogP) is 11.2. The lowest BCUT2D eigenvalue weighted by Crippen LogP contribution is -2.14. The molecule has 10 aromatic rings. The molecule has 0 saturated carbocycles. The molecule has 0 saturated heterocycles. The van der Waals surface area contributed by atoms with Gasteiger partial charge < -0.3 is 23.6 Å². The fourth-order valence-corrected chi connectivity index (χ4v) is 7.42. The van der Waals surface area contributed by atoms with Gasteiger partial charge in [-0.05, 0) is 72.8 Å². The summed E-state index contributed by atoms with van der Waals surface area (Å²) in [5.41, 5.74) is -1.78. The van der Waals surface area contributed by atoms with Gasteiger partial charge in [0, 0.05) is 46.8 Å². The lowest BCUT2D eigenvalue weighted by atomic mass is 10.1. The van der Waals surface area contributed by atoms with Gasteiger partial charge >= 0.3 is 12.4 Å². The molecule has 13 nitrogen and oxygen atoms in total. The van der Waals surface area contributed by atoms with Crippen molar-refractivity contribution in [3.63, 3.8) is 0 Å². The van der Waals surface area contributed by atoms with Gasteiger partial charge in [-0.1, -0.05) is 24.3 Å². The van der Waals surface area contributed by atoms with Crippen molar-refractivity contribution in [2.75, 3.05) is 0 Å². The van der Waals surface area contributed by atoms with Crippen LogP contribution in [0.25, 0.3) is 44.2 Å². The minimum absolute atomic E-state index is 0.00408. The minimum atomic E-state index is -4.84. The number of benzene rings is 5. The number of aldehydes is 1. The van der Waals surface area contributed by atoms with Crippen LogP contribution >= 0.6 is 0 Å². The zero-order valence-electron chi connectivity index (χ0n) is 36.6. The molecule has 0 bridgehead atoms. The maximum absolute atomic E-state index is 14.2. The first kappa shape index (κ1) is 48.7. The Kier molecular flexibility index (Phi) is 13.0. The summed E-state index contributed by atoms with van der Waals surface area (Å²) >= 11 is 0. The van der Waals surface area contributed by atoms with Gasteiger partial charge in [0.15, 0.2) is 6.29 Å². The number of hydrogen-bond acceptors (Lipinski definition) is 10. The number of pyridine rings is 2. The van der Waals surface area contributed by atoms with E-state index < -0.39 is 69.6 Å². The number of halogens is 10. The fraction of sp³-hybridized carbons (Fsp3) is 0.0800. The lowest BCUT2D eigenvalue weighted by Gasteiger charge is -2.15. The van der Waals surface area contributed by atoms with Crippen LogP contribution in [0.4, 0.5) is 43.9 Å². The Morgan fingerprint density at radius 2 is 1.08 bits per heavy atom. The molecule has 0 radical (unpaired) electrons. The molecular weight excluding hydrogens is 983 g/mol. The molecule has 73 heavy (non-hydrogen) atoms. The van der Waals surface area contributed by atoms with Gasteiger partial charge in [-0.3, -0.25) is 14.4 Å². The third kappa shape index (κ3) is 10.6. The van der Waals surface area contributed by atoms with Crippen LogP contribution < -0.4 is 20.6 Å². The molecule has 0 amide bonds. The second-order valence-corrected chi connectivity index (χ2v) is 15.8. The molecule has 0 unspecified atom stereocenters. The van der Waals surface area contributed by atoms with Crippen LogP contribution in [0.5, 0.6) is 23.3 Å². The number of fused-ring (bicyclic) bond motifs is 3. The van der Waals surface area contributed by atoms with Gasteiger partial charge in [-0.2, -0.15) is 36.3 Å². The monoisotopic (exact) mass is 1010 g/mol. The Balaban J connectivity index is 0.000000183. The first-order chi connectivity index (χ1) is 34.8. The van der Waals surface area contributed by atoms with E-state index in [1.165, 1.54) is 76.5 Å². The Morgan fingerprint density at radius 1 is 0.575 bits per heavy atom. The maximum atomic E-state index is 14.2. The number of nitrogens with one attached hydrogen (secondary N) is 1. The number of aromatic amines is 1. The molecule has 0 aliphatic carbocycles. The molecule has 0 aliphatic rings. The Hall–Kier alpha value is -9.28. The summed E-state index contributed by atoms with van der Waals surface area (Å²) in [5, 5.41) is 0.0190. The molecule has 5 aromatic carbocycles. The first-order valence-corrected chi connectivity index (χ1v) is 21.1. The Labute approximate surface area is 401 Å². The van der Waals surface area contributed by atoms with Crippen molar-refractivity contribution in [1.82, 2.24) is 39.0 Å². The number of aromatic nitrogens is 8. The number of hydrogen-bond donors (Lipinski definition) is 1. The van der Waals surface area contributed by atoms with Crippen LogP contribution in [-0.2, 0) is 25.4 Å². The molecular formula is C50H28F10N8O5. The highest BCUT2D eigenvalue weighted by atomic mass is 19.4. The van der Waals surface area contributed by atoms with Gasteiger partial charge in [0.1, 0.15) is 51.7 Å². The third-order valence-electron chi connectivity index (χ3n) is 10.9. The van der Waals surface area contributed by atoms with E-state index in [4.69, 9.17) is 9.47 Å². The number of nitrogens with zero attached hydrogens (tertiary/aromatic N) is 7. The number of ether oxygens (including phenoxy) is 2. The number of alkyl halides is 6. The number of imidazole rings is 1. The first-order valence-electron chi connectivity index (χ1n) is 21.1.